The summed E-state index contributed by atoms with van der Waals surface area (Å²) in [7, 11) is 0. The zero-order chi connectivity index (χ0) is 11.8. The number of carbonyl (C=O) groups excluding carboxylic acids is 1. The molecule has 0 fully saturated rings. The molecule has 0 radical (unpaired) electrons. The Morgan fingerprint density at radius 1 is 1.27 bits per heavy atom. The fourth-order valence-corrected chi connectivity index (χ4v) is 1.40. The second-order valence-corrected chi connectivity index (χ2v) is 4.33. The lowest BCUT2D eigenvalue weighted by Gasteiger charge is -2.25. The standard InChI is InChI=1S/C11H24N2O2/c1-9(2)12-11(15)5-6-13(7-8-14)10(3)4/h9-10,14H,5-8H2,1-4H3,(H,12,15). The van der Waals surface area contributed by atoms with Gasteiger partial charge in [0.2, 0.25) is 5.91 Å². The topological polar surface area (TPSA) is 52.6 Å². The molecule has 15 heavy (non-hydrogen) atoms. The smallest absolute Gasteiger partial charge is 0.221 e. The third-order valence-corrected chi connectivity index (χ3v) is 2.19. The molecule has 0 saturated carbocycles. The summed E-state index contributed by atoms with van der Waals surface area (Å²) >= 11 is 0. The van der Waals surface area contributed by atoms with Crippen LogP contribution in [0.1, 0.15) is 34.1 Å². The van der Waals surface area contributed by atoms with Gasteiger partial charge in [-0.2, -0.15) is 0 Å². The van der Waals surface area contributed by atoms with E-state index in [4.69, 9.17) is 5.11 Å². The van der Waals surface area contributed by atoms with E-state index in [1.807, 2.05) is 13.8 Å². The van der Waals surface area contributed by atoms with E-state index >= 15 is 0 Å². The summed E-state index contributed by atoms with van der Waals surface area (Å²) in [6, 6.07) is 0.562. The van der Waals surface area contributed by atoms with Gasteiger partial charge in [-0.25, -0.2) is 0 Å². The first-order valence-corrected chi connectivity index (χ1v) is 5.61. The zero-order valence-electron chi connectivity index (χ0n) is 10.3. The molecule has 0 aromatic heterocycles. The molecule has 1 amide bonds. The molecule has 0 heterocycles. The lowest BCUT2D eigenvalue weighted by molar-refractivity contribution is -0.122. The Balaban J connectivity index is 3.83. The van der Waals surface area contributed by atoms with Crippen molar-refractivity contribution in [3.05, 3.63) is 0 Å². The van der Waals surface area contributed by atoms with Crippen molar-refractivity contribution in [2.75, 3.05) is 19.7 Å². The second kappa shape index (κ2) is 7.65. The molecule has 0 aliphatic heterocycles. The molecule has 0 atom stereocenters. The number of nitrogens with one attached hydrogen (secondary N) is 1. The highest BCUT2D eigenvalue weighted by Crippen LogP contribution is 1.99. The van der Waals surface area contributed by atoms with E-state index in [2.05, 4.69) is 24.1 Å². The molecule has 0 rings (SSSR count). The SMILES string of the molecule is CC(C)NC(=O)CCN(CCO)C(C)C. The fourth-order valence-electron chi connectivity index (χ4n) is 1.40. The molecule has 0 spiro atoms. The molecule has 0 unspecified atom stereocenters. The molecule has 0 aromatic carbocycles. The van der Waals surface area contributed by atoms with Gasteiger partial charge in [0, 0.05) is 31.6 Å². The van der Waals surface area contributed by atoms with Crippen LogP contribution in [0.3, 0.4) is 0 Å². The van der Waals surface area contributed by atoms with Crippen LogP contribution in [0.2, 0.25) is 0 Å². The van der Waals surface area contributed by atoms with Crippen LogP contribution in [0.4, 0.5) is 0 Å². The second-order valence-electron chi connectivity index (χ2n) is 4.33. The van der Waals surface area contributed by atoms with Crippen LogP contribution in [-0.4, -0.2) is 47.7 Å². The number of carbonyl (C=O) groups is 1. The van der Waals surface area contributed by atoms with Gasteiger partial charge in [-0.1, -0.05) is 0 Å². The fraction of sp³-hybridized carbons (Fsp3) is 0.909. The van der Waals surface area contributed by atoms with Gasteiger partial charge in [0.1, 0.15) is 0 Å². The third kappa shape index (κ3) is 7.33. The lowest BCUT2D eigenvalue weighted by atomic mass is 10.2. The average Bonchev–Trinajstić information content (AvgIpc) is 2.10. The van der Waals surface area contributed by atoms with Gasteiger partial charge >= 0.3 is 0 Å². The van der Waals surface area contributed by atoms with Crippen molar-refractivity contribution in [1.29, 1.82) is 0 Å². The molecular formula is C11H24N2O2. The van der Waals surface area contributed by atoms with Gasteiger partial charge in [0.25, 0.3) is 0 Å². The minimum atomic E-state index is 0.0774. The summed E-state index contributed by atoms with van der Waals surface area (Å²) in [6.45, 7) is 9.51. The highest BCUT2D eigenvalue weighted by molar-refractivity contribution is 5.76. The van der Waals surface area contributed by atoms with Gasteiger partial charge in [-0.15, -0.1) is 0 Å². The van der Waals surface area contributed by atoms with Crippen molar-refractivity contribution in [1.82, 2.24) is 10.2 Å². The van der Waals surface area contributed by atoms with Crippen molar-refractivity contribution in [2.45, 2.75) is 46.2 Å². The molecular weight excluding hydrogens is 192 g/mol. The molecule has 0 aromatic rings. The van der Waals surface area contributed by atoms with E-state index in [0.717, 1.165) is 0 Å². The van der Waals surface area contributed by atoms with Crippen molar-refractivity contribution in [3.8, 4) is 0 Å². The number of hydrogen-bond donors (Lipinski definition) is 2. The molecule has 90 valence electrons. The minimum Gasteiger partial charge on any atom is -0.395 e. The van der Waals surface area contributed by atoms with Crippen molar-refractivity contribution in [2.24, 2.45) is 0 Å². The Bertz CT molecular complexity index is 181. The van der Waals surface area contributed by atoms with E-state index < -0.39 is 0 Å². The van der Waals surface area contributed by atoms with Gasteiger partial charge < -0.3 is 10.4 Å². The quantitative estimate of drug-likeness (QED) is 0.655. The minimum absolute atomic E-state index is 0.0774. The first-order valence-electron chi connectivity index (χ1n) is 5.61. The zero-order valence-corrected chi connectivity index (χ0v) is 10.3. The number of aliphatic hydroxyl groups is 1. The van der Waals surface area contributed by atoms with Crippen LogP contribution in [-0.2, 0) is 4.79 Å². The molecule has 0 aliphatic rings. The van der Waals surface area contributed by atoms with Crippen LogP contribution in [0.5, 0.6) is 0 Å². The molecule has 4 heteroatoms. The van der Waals surface area contributed by atoms with Crippen molar-refractivity contribution in [3.63, 3.8) is 0 Å². The molecule has 0 aliphatic carbocycles. The molecule has 0 bridgehead atoms. The van der Waals surface area contributed by atoms with Gasteiger partial charge in [0.05, 0.1) is 6.61 Å². The maximum absolute atomic E-state index is 11.4. The van der Waals surface area contributed by atoms with Gasteiger partial charge in [-0.05, 0) is 27.7 Å². The Morgan fingerprint density at radius 2 is 1.87 bits per heavy atom. The summed E-state index contributed by atoms with van der Waals surface area (Å²) in [6.07, 6.45) is 0.496. The van der Waals surface area contributed by atoms with E-state index in [-0.39, 0.29) is 18.6 Å². The maximum atomic E-state index is 11.4. The highest BCUT2D eigenvalue weighted by atomic mass is 16.3. The number of rotatable bonds is 7. The first kappa shape index (κ1) is 14.4. The third-order valence-electron chi connectivity index (χ3n) is 2.19. The summed E-state index contributed by atoms with van der Waals surface area (Å²) in [5, 5.41) is 11.7. The Hall–Kier alpha value is -0.610. The Labute approximate surface area is 92.7 Å². The Morgan fingerprint density at radius 3 is 2.27 bits per heavy atom. The van der Waals surface area contributed by atoms with E-state index in [1.165, 1.54) is 0 Å². The molecule has 4 nitrogen and oxygen atoms in total. The maximum Gasteiger partial charge on any atom is 0.221 e. The Kier molecular flexibility index (Phi) is 7.34. The molecule has 2 N–H and O–H groups in total. The van der Waals surface area contributed by atoms with Crippen LogP contribution < -0.4 is 5.32 Å². The summed E-state index contributed by atoms with van der Waals surface area (Å²) in [5.74, 6) is 0.0774. The lowest BCUT2D eigenvalue weighted by Crippen LogP contribution is -2.38. The number of nitrogens with zero attached hydrogens (tertiary/aromatic N) is 1. The molecule has 0 saturated heterocycles. The van der Waals surface area contributed by atoms with E-state index in [9.17, 15) is 4.79 Å². The summed E-state index contributed by atoms with van der Waals surface area (Å²) < 4.78 is 0. The number of hydrogen-bond acceptors (Lipinski definition) is 3. The van der Waals surface area contributed by atoms with Gasteiger partial charge in [0.15, 0.2) is 0 Å². The normalized spacial score (nSPS) is 11.5. The predicted molar refractivity (Wildman–Crippen MR) is 61.7 cm³/mol. The van der Waals surface area contributed by atoms with Crippen LogP contribution in [0.15, 0.2) is 0 Å². The van der Waals surface area contributed by atoms with E-state index in [0.29, 0.717) is 25.6 Å². The highest BCUT2D eigenvalue weighted by Gasteiger charge is 2.11. The van der Waals surface area contributed by atoms with Crippen molar-refractivity contribution >= 4 is 5.91 Å². The first-order chi connectivity index (χ1) is 6.97. The van der Waals surface area contributed by atoms with Crippen LogP contribution in [0.25, 0.3) is 0 Å². The predicted octanol–water partition coefficient (Wildman–Crippen LogP) is 0.604. The summed E-state index contributed by atoms with van der Waals surface area (Å²) in [4.78, 5) is 13.5. The van der Waals surface area contributed by atoms with E-state index in [1.54, 1.807) is 0 Å². The largest absolute Gasteiger partial charge is 0.395 e. The summed E-state index contributed by atoms with van der Waals surface area (Å²) in [5.41, 5.74) is 0. The van der Waals surface area contributed by atoms with Gasteiger partial charge in [-0.3, -0.25) is 9.69 Å². The number of amides is 1. The van der Waals surface area contributed by atoms with Crippen molar-refractivity contribution < 1.29 is 9.90 Å². The van der Waals surface area contributed by atoms with Crippen LogP contribution in [0, 0.1) is 0 Å². The van der Waals surface area contributed by atoms with Crippen LogP contribution >= 0.6 is 0 Å². The average molecular weight is 216 g/mol. The number of aliphatic hydroxyl groups excluding tert-OH is 1. The monoisotopic (exact) mass is 216 g/mol.